The zero-order valence-electron chi connectivity index (χ0n) is 11.7. The predicted octanol–water partition coefficient (Wildman–Crippen LogP) is 2.59. The monoisotopic (exact) mass is 269 g/mol. The van der Waals surface area contributed by atoms with Crippen molar-refractivity contribution in [3.05, 3.63) is 47.5 Å². The van der Waals surface area contributed by atoms with Crippen molar-refractivity contribution in [2.24, 2.45) is 7.05 Å². The van der Waals surface area contributed by atoms with Crippen LogP contribution in [-0.4, -0.2) is 21.9 Å². The molecule has 2 heterocycles. The number of aryl methyl sites for hydroxylation is 3. The van der Waals surface area contributed by atoms with Gasteiger partial charge in [-0.1, -0.05) is 0 Å². The number of hydrogen-bond acceptors (Lipinski definition) is 3. The number of hydrogen-bond donors (Lipinski definition) is 1. The van der Waals surface area contributed by atoms with Gasteiger partial charge in [-0.05, 0) is 36.6 Å². The van der Waals surface area contributed by atoms with E-state index in [0.29, 0.717) is 12.8 Å². The van der Waals surface area contributed by atoms with Gasteiger partial charge in [0.15, 0.2) is 5.78 Å². The van der Waals surface area contributed by atoms with E-state index in [-0.39, 0.29) is 5.78 Å². The first-order valence-corrected chi connectivity index (χ1v) is 7.10. The van der Waals surface area contributed by atoms with E-state index in [0.717, 1.165) is 30.8 Å². The summed E-state index contributed by atoms with van der Waals surface area (Å²) in [6, 6.07) is 6.00. The van der Waals surface area contributed by atoms with Gasteiger partial charge in [-0.2, -0.15) is 0 Å². The number of aromatic nitrogens is 2. The Morgan fingerprint density at radius 3 is 3.15 bits per heavy atom. The molecule has 4 heteroatoms. The van der Waals surface area contributed by atoms with E-state index < -0.39 is 0 Å². The summed E-state index contributed by atoms with van der Waals surface area (Å²) in [5.74, 6) is 1.15. The molecule has 0 aliphatic carbocycles. The van der Waals surface area contributed by atoms with Gasteiger partial charge in [-0.15, -0.1) is 0 Å². The van der Waals surface area contributed by atoms with Gasteiger partial charge in [0.25, 0.3) is 0 Å². The highest BCUT2D eigenvalue weighted by Crippen LogP contribution is 2.23. The Bertz CT molecular complexity index is 630. The minimum atomic E-state index is 0.196. The first-order valence-electron chi connectivity index (χ1n) is 7.10. The Morgan fingerprint density at radius 2 is 2.35 bits per heavy atom. The molecule has 0 saturated heterocycles. The Morgan fingerprint density at radius 1 is 1.45 bits per heavy atom. The second-order valence-corrected chi connectivity index (χ2v) is 5.28. The van der Waals surface area contributed by atoms with E-state index in [1.165, 1.54) is 11.3 Å². The third kappa shape index (κ3) is 2.59. The molecule has 1 aromatic carbocycles. The first kappa shape index (κ1) is 12.9. The molecule has 4 nitrogen and oxygen atoms in total. The summed E-state index contributed by atoms with van der Waals surface area (Å²) in [6.07, 6.45) is 7.07. The van der Waals surface area contributed by atoms with Crippen molar-refractivity contribution in [1.29, 1.82) is 0 Å². The van der Waals surface area contributed by atoms with Crippen LogP contribution in [0.3, 0.4) is 0 Å². The second-order valence-electron chi connectivity index (χ2n) is 5.28. The molecule has 0 bridgehead atoms. The highest BCUT2D eigenvalue weighted by molar-refractivity contribution is 5.96. The van der Waals surface area contributed by atoms with Gasteiger partial charge in [-0.25, -0.2) is 4.98 Å². The molecule has 0 saturated carbocycles. The minimum absolute atomic E-state index is 0.196. The lowest BCUT2D eigenvalue weighted by Gasteiger charge is -2.18. The van der Waals surface area contributed by atoms with Gasteiger partial charge in [0, 0.05) is 50.1 Å². The molecule has 1 aliphatic rings. The van der Waals surface area contributed by atoms with Crippen LogP contribution in [-0.2, 0) is 19.9 Å². The van der Waals surface area contributed by atoms with E-state index in [9.17, 15) is 4.79 Å². The molecule has 104 valence electrons. The van der Waals surface area contributed by atoms with E-state index in [2.05, 4.69) is 10.3 Å². The lowest BCUT2D eigenvalue weighted by Crippen LogP contribution is -2.13. The standard InChI is InChI=1S/C16H19N3O/c1-19-10-9-18-16(19)7-6-15(20)13-4-5-14-12(11-13)3-2-8-17-14/h4-5,9-11,17H,2-3,6-8H2,1H3. The number of Topliss-reactive ketones (excluding diaryl/α,β-unsaturated/α-hetero) is 1. The number of benzene rings is 1. The molecule has 1 aromatic heterocycles. The van der Waals surface area contributed by atoms with Gasteiger partial charge in [0.1, 0.15) is 5.82 Å². The molecule has 0 fully saturated rings. The van der Waals surface area contributed by atoms with E-state index in [1.807, 2.05) is 36.0 Å². The van der Waals surface area contributed by atoms with Crippen molar-refractivity contribution in [2.45, 2.75) is 25.7 Å². The van der Waals surface area contributed by atoms with E-state index in [1.54, 1.807) is 6.20 Å². The number of anilines is 1. The molecule has 0 unspecified atom stereocenters. The number of nitrogens with one attached hydrogen (secondary N) is 1. The van der Waals surface area contributed by atoms with Gasteiger partial charge in [0.05, 0.1) is 0 Å². The largest absolute Gasteiger partial charge is 0.385 e. The molecule has 0 radical (unpaired) electrons. The molecule has 0 spiro atoms. The lowest BCUT2D eigenvalue weighted by molar-refractivity contribution is 0.0982. The van der Waals surface area contributed by atoms with Crippen LogP contribution >= 0.6 is 0 Å². The molecule has 1 N–H and O–H groups in total. The highest BCUT2D eigenvalue weighted by Gasteiger charge is 2.13. The molecule has 0 atom stereocenters. The highest BCUT2D eigenvalue weighted by atomic mass is 16.1. The molecular formula is C16H19N3O. The van der Waals surface area contributed by atoms with Crippen LogP contribution in [0.25, 0.3) is 0 Å². The Labute approximate surface area is 118 Å². The fourth-order valence-corrected chi connectivity index (χ4v) is 2.66. The lowest BCUT2D eigenvalue weighted by atomic mass is 9.98. The number of rotatable bonds is 4. The zero-order chi connectivity index (χ0) is 13.9. The Kier molecular flexibility index (Phi) is 3.54. The van der Waals surface area contributed by atoms with Crippen LogP contribution in [0.15, 0.2) is 30.6 Å². The molecular weight excluding hydrogens is 250 g/mol. The summed E-state index contributed by atoms with van der Waals surface area (Å²) in [4.78, 5) is 16.5. The first-order chi connectivity index (χ1) is 9.74. The maximum atomic E-state index is 12.3. The summed E-state index contributed by atoms with van der Waals surface area (Å²) in [5.41, 5.74) is 3.26. The predicted molar refractivity (Wildman–Crippen MR) is 79.1 cm³/mol. The number of fused-ring (bicyclic) bond motifs is 1. The Balaban J connectivity index is 1.69. The number of imidazole rings is 1. The summed E-state index contributed by atoms with van der Waals surface area (Å²) < 4.78 is 1.96. The summed E-state index contributed by atoms with van der Waals surface area (Å²) in [6.45, 7) is 1.03. The maximum absolute atomic E-state index is 12.3. The van der Waals surface area contributed by atoms with Crippen molar-refractivity contribution < 1.29 is 4.79 Å². The Hall–Kier alpha value is -2.10. The van der Waals surface area contributed by atoms with Crippen LogP contribution < -0.4 is 5.32 Å². The fraction of sp³-hybridized carbons (Fsp3) is 0.375. The van der Waals surface area contributed by atoms with Gasteiger partial charge < -0.3 is 9.88 Å². The van der Waals surface area contributed by atoms with Crippen molar-refractivity contribution >= 4 is 11.5 Å². The summed E-state index contributed by atoms with van der Waals surface area (Å²) in [7, 11) is 1.96. The number of ketones is 1. The second kappa shape index (κ2) is 5.49. The molecule has 3 rings (SSSR count). The summed E-state index contributed by atoms with van der Waals surface area (Å²) >= 11 is 0. The number of carbonyl (C=O) groups excluding carboxylic acids is 1. The third-order valence-electron chi connectivity index (χ3n) is 3.86. The SMILES string of the molecule is Cn1ccnc1CCC(=O)c1ccc2c(c1)CCCN2. The van der Waals surface area contributed by atoms with E-state index in [4.69, 9.17) is 0 Å². The average molecular weight is 269 g/mol. The van der Waals surface area contributed by atoms with Gasteiger partial charge >= 0.3 is 0 Å². The average Bonchev–Trinajstić information content (AvgIpc) is 2.89. The molecule has 2 aromatic rings. The van der Waals surface area contributed by atoms with Crippen LogP contribution in [0, 0.1) is 0 Å². The van der Waals surface area contributed by atoms with Crippen LogP contribution in [0.4, 0.5) is 5.69 Å². The summed E-state index contributed by atoms with van der Waals surface area (Å²) in [5, 5.41) is 3.37. The normalized spacial score (nSPS) is 13.7. The zero-order valence-corrected chi connectivity index (χ0v) is 11.7. The topological polar surface area (TPSA) is 46.9 Å². The van der Waals surface area contributed by atoms with E-state index >= 15 is 0 Å². The molecule has 1 aliphatic heterocycles. The molecule has 0 amide bonds. The minimum Gasteiger partial charge on any atom is -0.385 e. The van der Waals surface area contributed by atoms with Crippen LogP contribution in [0.5, 0.6) is 0 Å². The smallest absolute Gasteiger partial charge is 0.163 e. The third-order valence-corrected chi connectivity index (χ3v) is 3.86. The fourth-order valence-electron chi connectivity index (χ4n) is 2.66. The van der Waals surface area contributed by atoms with Crippen molar-refractivity contribution in [2.75, 3.05) is 11.9 Å². The number of carbonyl (C=O) groups is 1. The van der Waals surface area contributed by atoms with Crippen LogP contribution in [0.2, 0.25) is 0 Å². The van der Waals surface area contributed by atoms with Gasteiger partial charge in [-0.3, -0.25) is 4.79 Å². The van der Waals surface area contributed by atoms with Crippen molar-refractivity contribution in [1.82, 2.24) is 9.55 Å². The van der Waals surface area contributed by atoms with Crippen LogP contribution in [0.1, 0.15) is 34.6 Å². The quantitative estimate of drug-likeness (QED) is 0.868. The van der Waals surface area contributed by atoms with Crippen molar-refractivity contribution in [3.63, 3.8) is 0 Å². The number of nitrogens with zero attached hydrogens (tertiary/aromatic N) is 2. The maximum Gasteiger partial charge on any atom is 0.163 e. The van der Waals surface area contributed by atoms with Gasteiger partial charge in [0.2, 0.25) is 0 Å². The van der Waals surface area contributed by atoms with Crippen molar-refractivity contribution in [3.8, 4) is 0 Å². The molecule has 20 heavy (non-hydrogen) atoms.